The van der Waals surface area contributed by atoms with Crippen molar-refractivity contribution < 1.29 is 127 Å². The van der Waals surface area contributed by atoms with E-state index in [-0.39, 0.29) is 78.2 Å². The molecule has 21 N–H and O–H groups in total. The van der Waals surface area contributed by atoms with Crippen LogP contribution >= 0.6 is 34.8 Å². The molecule has 40 nitrogen and oxygen atoms in total. The van der Waals surface area contributed by atoms with Gasteiger partial charge >= 0.3 is 5.69 Å². The zero-order valence-corrected chi connectivity index (χ0v) is 72.5. The summed E-state index contributed by atoms with van der Waals surface area (Å²) in [4.78, 5) is 158. The average molecular weight is 1860 g/mol. The number of likely N-dealkylation sites (N-methyl/N-ethyl adjacent to an activating group) is 1. The molecule has 18 atom stereocenters. The van der Waals surface area contributed by atoms with Gasteiger partial charge in [0.2, 0.25) is 59.3 Å². The number of fused-ring (bicyclic) bond motifs is 15. The van der Waals surface area contributed by atoms with Crippen molar-refractivity contribution in [3.05, 3.63) is 174 Å². The van der Waals surface area contributed by atoms with E-state index in [0.29, 0.717) is 18.5 Å². The Morgan fingerprint density at radius 3 is 2.03 bits per heavy atom. The molecule has 8 heterocycles. The van der Waals surface area contributed by atoms with Gasteiger partial charge in [-0.3, -0.25) is 52.6 Å². The Labute approximate surface area is 750 Å². The molecule has 129 heavy (non-hydrogen) atoms. The Hall–Kier alpha value is -11.5. The standard InChI is InChI=1S/C85H98Cl3FN14O26/c1-36(2)23-50(91-5)76(115)99-67-69(110)40-11-15-54(47(87)27-40)125-56-29-42-30-57(73(56)129-83-74(72(113)71(112)58(35-104)127-83)128-62-34-85(4,75(114)37(3)124-62)92-18-21-103-20-17-60(95-84(103)122)94-61(109)25-38-9-13-46(86)49(89)24-38)126-55-16-12-41(28-48(55)88)70(111)68-81(120)98-66(82(121)101-123-22-8-19-102(6)7)45-31-43(105)32-53(107)63(45)44-26-39(10-14-52(44)106)64(78(117)100-68)97-79(118)65(42)96-77(116)51(33-59(90)108)93-80(67)119/h9-17,20,24,26-32,36-37,50-51,58,62,64-72,74-75,83,91-92,104-107,110-114H,8,18-19,21-23,25,33-35H2,1-7H3,(H2,90,108)(H,93,119)(H,96,116)(H,97,118)(H,98,120)(H,99,115)(H,100,117)(H,101,121)(H,94,95,109,122). The molecule has 2 saturated heterocycles. The third-order valence-electron chi connectivity index (χ3n) is 22.1. The first-order valence-electron chi connectivity index (χ1n) is 40.8. The number of anilines is 1. The number of carbonyl (C=O) groups excluding carboxylic acids is 9. The first kappa shape index (κ1) is 96.6. The average Bonchev–Trinajstić information content (AvgIpc) is 0.767. The van der Waals surface area contributed by atoms with Gasteiger partial charge in [-0.2, -0.15) is 4.98 Å². The third kappa shape index (κ3) is 22.7. The zero-order chi connectivity index (χ0) is 93.5. The number of nitrogens with one attached hydrogen (secondary N) is 10. The highest BCUT2D eigenvalue weighted by Gasteiger charge is 2.52. The van der Waals surface area contributed by atoms with Crippen LogP contribution in [0.4, 0.5) is 10.2 Å². The number of primary amides is 1. The minimum atomic E-state index is -2.40. The molecule has 0 spiro atoms. The topological polar surface area (TPSA) is 585 Å². The number of nitrogens with two attached hydrogens (primary N) is 1. The van der Waals surface area contributed by atoms with Crippen molar-refractivity contribution in [2.45, 2.75) is 176 Å². The second-order valence-corrected chi connectivity index (χ2v) is 33.7. The number of rotatable bonds is 25. The summed E-state index contributed by atoms with van der Waals surface area (Å²) in [7, 11) is 5.04. The van der Waals surface area contributed by atoms with Gasteiger partial charge in [0, 0.05) is 48.4 Å². The van der Waals surface area contributed by atoms with Crippen LogP contribution in [0, 0.1) is 11.7 Å². The van der Waals surface area contributed by atoms with E-state index in [1.54, 1.807) is 21.0 Å². The quantitative estimate of drug-likeness (QED) is 0.0287. The molecule has 6 aromatic carbocycles. The monoisotopic (exact) mass is 1850 g/mol. The fraction of sp³-hybridized carbons (Fsp3) is 0.424. The molecule has 18 unspecified atom stereocenters. The molecule has 14 rings (SSSR count). The van der Waals surface area contributed by atoms with Crippen LogP contribution in [-0.4, -0.2) is 240 Å². The van der Waals surface area contributed by atoms with Crippen LogP contribution in [0.25, 0.3) is 11.1 Å². The lowest BCUT2D eigenvalue weighted by Crippen LogP contribution is -2.65. The number of ether oxygens (including phenoxy) is 6. The lowest BCUT2D eigenvalue weighted by Gasteiger charge is -2.48. The maximum absolute atomic E-state index is 16.4. The van der Waals surface area contributed by atoms with Gasteiger partial charge in [0.05, 0.1) is 59.4 Å². The maximum Gasteiger partial charge on any atom is 0.349 e. The van der Waals surface area contributed by atoms with E-state index in [2.05, 4.69) is 58.3 Å². The predicted molar refractivity (Wildman–Crippen MR) is 455 cm³/mol. The van der Waals surface area contributed by atoms with Gasteiger partial charge in [0.15, 0.2) is 23.9 Å². The zero-order valence-electron chi connectivity index (χ0n) is 70.3. The lowest BCUT2D eigenvalue weighted by atomic mass is 9.85. The van der Waals surface area contributed by atoms with E-state index in [4.69, 9.17) is 73.8 Å². The highest BCUT2D eigenvalue weighted by Crippen LogP contribution is 2.50. The Morgan fingerprint density at radius 2 is 1.40 bits per heavy atom. The summed E-state index contributed by atoms with van der Waals surface area (Å²) in [6.45, 7) is 5.89. The van der Waals surface area contributed by atoms with Gasteiger partial charge in [0.25, 0.3) is 5.91 Å². The van der Waals surface area contributed by atoms with Crippen LogP contribution in [0.5, 0.6) is 46.0 Å². The molecule has 11 bridgehead atoms. The number of aliphatic hydroxyl groups excluding tert-OH is 6. The fourth-order valence-electron chi connectivity index (χ4n) is 15.4. The summed E-state index contributed by atoms with van der Waals surface area (Å²) >= 11 is 20.2. The van der Waals surface area contributed by atoms with Crippen molar-refractivity contribution in [2.24, 2.45) is 11.7 Å². The predicted octanol–water partition coefficient (Wildman–Crippen LogP) is 1.88. The van der Waals surface area contributed by atoms with Crippen LogP contribution < -0.4 is 79.0 Å². The van der Waals surface area contributed by atoms with Crippen LogP contribution in [-0.2, 0) is 75.2 Å². The Bertz CT molecular complexity index is 5470. The van der Waals surface area contributed by atoms with Crippen molar-refractivity contribution in [3.63, 3.8) is 0 Å². The number of amides is 9. The molecule has 9 amide bonds. The van der Waals surface area contributed by atoms with E-state index in [1.807, 2.05) is 18.7 Å². The van der Waals surface area contributed by atoms with Crippen LogP contribution in [0.1, 0.15) is 117 Å². The van der Waals surface area contributed by atoms with E-state index in [0.717, 1.165) is 72.8 Å². The van der Waals surface area contributed by atoms with Crippen LogP contribution in [0.3, 0.4) is 0 Å². The number of carbonyl (C=O) groups is 9. The van der Waals surface area contributed by atoms with Gasteiger partial charge in [-0.05, 0) is 166 Å². The number of phenols is 3. The molecule has 2 fully saturated rings. The number of halogens is 4. The summed E-state index contributed by atoms with van der Waals surface area (Å²) < 4.78 is 54.8. The van der Waals surface area contributed by atoms with Crippen molar-refractivity contribution in [1.29, 1.82) is 0 Å². The fourth-order valence-corrected chi connectivity index (χ4v) is 16.0. The lowest BCUT2D eigenvalue weighted by molar-refractivity contribution is -0.334. The Kier molecular flexibility index (Phi) is 31.1. The summed E-state index contributed by atoms with van der Waals surface area (Å²) in [6, 6.07) is 4.72. The van der Waals surface area contributed by atoms with Crippen molar-refractivity contribution in [1.82, 2.24) is 62.5 Å². The number of benzene rings is 6. The number of aromatic nitrogens is 2. The molecular weight excluding hydrogens is 1760 g/mol. The summed E-state index contributed by atoms with van der Waals surface area (Å²) in [6.07, 6.45) is -18.2. The van der Waals surface area contributed by atoms with Crippen LogP contribution in [0.2, 0.25) is 15.1 Å². The first-order valence-corrected chi connectivity index (χ1v) is 41.9. The molecule has 0 radical (unpaired) electrons. The van der Waals surface area contributed by atoms with Gasteiger partial charge in [-0.25, -0.2) is 14.7 Å². The highest BCUT2D eigenvalue weighted by atomic mass is 35.5. The summed E-state index contributed by atoms with van der Waals surface area (Å²) in [5.41, 5.74) is 3.45. The smallest absolute Gasteiger partial charge is 0.349 e. The molecule has 1 aromatic heterocycles. The SMILES string of the molecule is CNC(CC(C)C)C(=O)NC1C(=O)NC(CC(N)=O)C(=O)NC2C(=O)NC3C(=O)NC(C(=O)NC(C(=O)NOCCCN(C)C)c4cc(O)cc(O)c4-c4cc3ccc4O)C(O)c3ccc(c(Cl)c3)Oc3cc2cc(c3OC2OC(CO)C(O)C(O)C2OC2CC(C)(NCCn3ccc(NC(=O)Cc4ccc(Cl)c(F)c4)nc3=O)C(O)C(C)O2)Oc2ccc(cc2Cl)C1O. The summed E-state index contributed by atoms with van der Waals surface area (Å²) in [5, 5.41) is 130. The minimum absolute atomic E-state index is 0.0637. The van der Waals surface area contributed by atoms with Gasteiger partial charge in [0.1, 0.15) is 107 Å². The number of phenolic OH excluding ortho intramolecular Hbond substituents is 3. The molecule has 7 aliphatic rings. The van der Waals surface area contributed by atoms with Crippen molar-refractivity contribution in [2.75, 3.05) is 52.8 Å². The van der Waals surface area contributed by atoms with Gasteiger partial charge < -0.3 is 133 Å². The summed E-state index contributed by atoms with van der Waals surface area (Å²) in [5.74, 6) is -17.0. The van der Waals surface area contributed by atoms with E-state index >= 15 is 24.0 Å². The number of aromatic hydroxyl groups is 3. The largest absolute Gasteiger partial charge is 0.508 e. The van der Waals surface area contributed by atoms with E-state index < -0.39 is 259 Å². The van der Waals surface area contributed by atoms with Gasteiger partial charge in [-0.15, -0.1) is 0 Å². The van der Waals surface area contributed by atoms with Crippen molar-refractivity contribution in [3.8, 4) is 57.1 Å². The molecule has 44 heteroatoms. The second kappa shape index (κ2) is 41.5. The molecule has 7 aliphatic heterocycles. The van der Waals surface area contributed by atoms with E-state index in [1.165, 1.54) is 55.1 Å². The number of hydroxylamine groups is 1. The Balaban J connectivity index is 0.995. The molecule has 0 saturated carbocycles. The molecular formula is C85H98Cl3FN14O26. The maximum atomic E-state index is 16.4. The normalized spacial score (nSPS) is 25.6. The van der Waals surface area contributed by atoms with Crippen LogP contribution in [0.15, 0.2) is 114 Å². The Morgan fingerprint density at radius 1 is 0.736 bits per heavy atom. The molecule has 7 aromatic rings. The van der Waals surface area contributed by atoms with Crippen molar-refractivity contribution >= 4 is 93.8 Å². The third-order valence-corrected chi connectivity index (χ3v) is 23.0. The number of nitrogens with zero attached hydrogens (tertiary/aromatic N) is 3. The number of hydrogen-bond donors (Lipinski definition) is 20. The second-order valence-electron chi connectivity index (χ2n) is 32.4. The molecule has 692 valence electrons. The molecule has 0 aliphatic carbocycles. The first-order chi connectivity index (χ1) is 61.2. The minimum Gasteiger partial charge on any atom is -0.508 e. The van der Waals surface area contributed by atoms with E-state index in [9.17, 15) is 74.3 Å². The van der Waals surface area contributed by atoms with Gasteiger partial charge in [-0.1, -0.05) is 72.9 Å². The number of hydrogen-bond acceptors (Lipinski definition) is 30. The highest BCUT2D eigenvalue weighted by molar-refractivity contribution is 6.32. The number of aliphatic hydroxyl groups is 6.